The third-order valence-electron chi connectivity index (χ3n) is 2.73. The maximum absolute atomic E-state index is 12.0. The highest BCUT2D eigenvalue weighted by atomic mass is 32.1. The summed E-state index contributed by atoms with van der Waals surface area (Å²) in [5.41, 5.74) is 1.25. The molecule has 1 aromatic carbocycles. The van der Waals surface area contributed by atoms with Crippen LogP contribution >= 0.6 is 11.3 Å². The first-order valence-electron chi connectivity index (χ1n) is 5.47. The molecule has 0 amide bonds. The summed E-state index contributed by atoms with van der Waals surface area (Å²) < 4.78 is 0. The monoisotopic (exact) mass is 272 g/mol. The number of benzene rings is 1. The normalized spacial score (nSPS) is 10.7. The van der Waals surface area contributed by atoms with Crippen LogP contribution in [0.25, 0.3) is 21.3 Å². The molecule has 2 aromatic heterocycles. The molecule has 0 saturated heterocycles. The third-order valence-corrected chi connectivity index (χ3v) is 3.60. The highest BCUT2D eigenvalue weighted by molar-refractivity contribution is 7.17. The van der Waals surface area contributed by atoms with E-state index < -0.39 is 11.5 Å². The van der Waals surface area contributed by atoms with E-state index in [1.807, 2.05) is 35.7 Å². The molecule has 0 radical (unpaired) electrons. The lowest BCUT2D eigenvalue weighted by molar-refractivity contribution is 0.0683. The number of hydrogen-bond acceptors (Lipinski definition) is 4. The molecule has 3 rings (SSSR count). The van der Waals surface area contributed by atoms with Crippen molar-refractivity contribution in [3.05, 3.63) is 51.9 Å². The van der Waals surface area contributed by atoms with Crippen LogP contribution in [0.5, 0.6) is 0 Å². The van der Waals surface area contributed by atoms with Gasteiger partial charge in [0.25, 0.3) is 5.56 Å². The number of nitrogens with one attached hydrogen (secondary N) is 1. The van der Waals surface area contributed by atoms with Gasteiger partial charge in [0.05, 0.1) is 5.39 Å². The summed E-state index contributed by atoms with van der Waals surface area (Å²) >= 11 is 1.26. The van der Waals surface area contributed by atoms with E-state index >= 15 is 0 Å². The Morgan fingerprint density at radius 3 is 2.68 bits per heavy atom. The molecule has 0 bridgehead atoms. The molecule has 0 spiro atoms. The third kappa shape index (κ3) is 1.92. The predicted octanol–water partition coefficient (Wildman–Crippen LogP) is 2.35. The highest BCUT2D eigenvalue weighted by Gasteiger charge is 2.15. The van der Waals surface area contributed by atoms with Gasteiger partial charge in [-0.15, -0.1) is 11.3 Å². The zero-order valence-corrected chi connectivity index (χ0v) is 10.4. The fourth-order valence-electron chi connectivity index (χ4n) is 1.88. The predicted molar refractivity (Wildman–Crippen MR) is 72.6 cm³/mol. The number of nitrogens with zero attached hydrogens (tertiary/aromatic N) is 1. The minimum atomic E-state index is -1.24. The number of aromatic nitrogens is 2. The Morgan fingerprint density at radius 2 is 2.00 bits per heavy atom. The summed E-state index contributed by atoms with van der Waals surface area (Å²) in [5.74, 6) is -1.58. The number of carboxylic acid groups (broad SMARTS) is 1. The summed E-state index contributed by atoms with van der Waals surface area (Å²) in [4.78, 5) is 29.5. The van der Waals surface area contributed by atoms with Crippen LogP contribution in [0.4, 0.5) is 0 Å². The van der Waals surface area contributed by atoms with Crippen molar-refractivity contribution in [2.45, 2.75) is 0 Å². The zero-order valence-electron chi connectivity index (χ0n) is 9.58. The van der Waals surface area contributed by atoms with E-state index in [0.29, 0.717) is 10.2 Å². The SMILES string of the molecule is O=C(O)c1nc2scc(-c3ccccc3)c2c(=O)[nH]1. The van der Waals surface area contributed by atoms with Crippen LogP contribution < -0.4 is 5.56 Å². The number of carbonyl (C=O) groups is 1. The van der Waals surface area contributed by atoms with E-state index in [9.17, 15) is 9.59 Å². The van der Waals surface area contributed by atoms with Gasteiger partial charge in [0.15, 0.2) is 0 Å². The van der Waals surface area contributed by atoms with E-state index in [1.165, 1.54) is 11.3 Å². The van der Waals surface area contributed by atoms with Gasteiger partial charge in [-0.25, -0.2) is 9.78 Å². The number of rotatable bonds is 2. The molecule has 2 N–H and O–H groups in total. The van der Waals surface area contributed by atoms with Crippen LogP contribution in [0.2, 0.25) is 0 Å². The number of H-pyrrole nitrogens is 1. The Labute approximate surface area is 111 Å². The van der Waals surface area contributed by atoms with Gasteiger partial charge in [-0.3, -0.25) is 4.79 Å². The van der Waals surface area contributed by atoms with E-state index in [1.54, 1.807) is 0 Å². The highest BCUT2D eigenvalue weighted by Crippen LogP contribution is 2.30. The van der Waals surface area contributed by atoms with Gasteiger partial charge in [-0.2, -0.15) is 0 Å². The van der Waals surface area contributed by atoms with Crippen molar-refractivity contribution in [1.29, 1.82) is 0 Å². The van der Waals surface area contributed by atoms with Gasteiger partial charge in [0, 0.05) is 10.9 Å². The number of aromatic amines is 1. The molecule has 0 aliphatic rings. The Balaban J connectivity index is 2.31. The Morgan fingerprint density at radius 1 is 1.26 bits per heavy atom. The molecule has 3 aromatic rings. The molecule has 0 atom stereocenters. The number of carboxylic acids is 1. The number of fused-ring (bicyclic) bond motifs is 1. The maximum atomic E-state index is 12.0. The lowest BCUT2D eigenvalue weighted by Gasteiger charge is -1.99. The average molecular weight is 272 g/mol. The molecule has 2 heterocycles. The van der Waals surface area contributed by atoms with E-state index in [4.69, 9.17) is 5.11 Å². The minimum Gasteiger partial charge on any atom is -0.475 e. The lowest BCUT2D eigenvalue weighted by atomic mass is 10.1. The van der Waals surface area contributed by atoms with Crippen LogP contribution in [0.1, 0.15) is 10.6 Å². The molecule has 94 valence electrons. The zero-order chi connectivity index (χ0) is 13.4. The number of thiophene rings is 1. The summed E-state index contributed by atoms with van der Waals surface area (Å²) in [6.07, 6.45) is 0. The van der Waals surface area contributed by atoms with Crippen molar-refractivity contribution in [1.82, 2.24) is 9.97 Å². The van der Waals surface area contributed by atoms with Crippen LogP contribution in [0.15, 0.2) is 40.5 Å². The van der Waals surface area contributed by atoms with Crippen molar-refractivity contribution in [3.63, 3.8) is 0 Å². The first-order chi connectivity index (χ1) is 9.16. The molecule has 19 heavy (non-hydrogen) atoms. The van der Waals surface area contributed by atoms with Crippen molar-refractivity contribution >= 4 is 27.5 Å². The smallest absolute Gasteiger partial charge is 0.372 e. The summed E-state index contributed by atoms with van der Waals surface area (Å²) in [6, 6.07) is 9.44. The maximum Gasteiger partial charge on any atom is 0.372 e. The van der Waals surface area contributed by atoms with Crippen LogP contribution in [0, 0.1) is 0 Å². The van der Waals surface area contributed by atoms with E-state index in [-0.39, 0.29) is 5.82 Å². The topological polar surface area (TPSA) is 83.0 Å². The average Bonchev–Trinajstić information content (AvgIpc) is 2.84. The second-order valence-electron chi connectivity index (χ2n) is 3.92. The van der Waals surface area contributed by atoms with Crippen molar-refractivity contribution < 1.29 is 9.90 Å². The Kier molecular flexibility index (Phi) is 2.64. The van der Waals surface area contributed by atoms with Crippen LogP contribution in [-0.2, 0) is 0 Å². The quantitative estimate of drug-likeness (QED) is 0.750. The molecule has 6 heteroatoms. The lowest BCUT2D eigenvalue weighted by Crippen LogP contribution is -2.14. The molecular formula is C13H8N2O3S. The van der Waals surface area contributed by atoms with E-state index in [0.717, 1.165) is 11.1 Å². The van der Waals surface area contributed by atoms with Crippen LogP contribution in [0.3, 0.4) is 0 Å². The second kappa shape index (κ2) is 4.33. The van der Waals surface area contributed by atoms with Gasteiger partial charge in [0.1, 0.15) is 4.83 Å². The first kappa shape index (κ1) is 11.6. The summed E-state index contributed by atoms with van der Waals surface area (Å²) in [6.45, 7) is 0. The fraction of sp³-hybridized carbons (Fsp3) is 0. The molecule has 0 fully saturated rings. The standard InChI is InChI=1S/C13H8N2O3S/c16-11-9-8(7-4-2-1-3-5-7)6-19-12(9)15-10(14-11)13(17)18/h1-6H,(H,17,18)(H,14,15,16). The Bertz CT molecular complexity index is 821. The van der Waals surface area contributed by atoms with Gasteiger partial charge in [-0.1, -0.05) is 30.3 Å². The van der Waals surface area contributed by atoms with Gasteiger partial charge in [0.2, 0.25) is 5.82 Å². The van der Waals surface area contributed by atoms with E-state index in [2.05, 4.69) is 9.97 Å². The first-order valence-corrected chi connectivity index (χ1v) is 6.35. The molecule has 0 aliphatic carbocycles. The van der Waals surface area contributed by atoms with Crippen molar-refractivity contribution in [2.75, 3.05) is 0 Å². The molecular weight excluding hydrogens is 264 g/mol. The fourth-order valence-corrected chi connectivity index (χ4v) is 2.83. The van der Waals surface area contributed by atoms with Crippen molar-refractivity contribution in [3.8, 4) is 11.1 Å². The minimum absolute atomic E-state index is 0.334. The second-order valence-corrected chi connectivity index (χ2v) is 4.77. The van der Waals surface area contributed by atoms with Crippen LogP contribution in [-0.4, -0.2) is 21.0 Å². The summed E-state index contributed by atoms with van der Waals surface area (Å²) in [7, 11) is 0. The number of hydrogen-bond donors (Lipinski definition) is 2. The van der Waals surface area contributed by atoms with Gasteiger partial charge in [-0.05, 0) is 5.56 Å². The summed E-state index contributed by atoms with van der Waals surface area (Å²) in [5, 5.41) is 11.1. The Hall–Kier alpha value is -2.47. The molecule has 5 nitrogen and oxygen atoms in total. The molecule has 0 aliphatic heterocycles. The van der Waals surface area contributed by atoms with Gasteiger partial charge < -0.3 is 10.1 Å². The largest absolute Gasteiger partial charge is 0.475 e. The molecule has 0 saturated carbocycles. The molecule has 0 unspecified atom stereocenters. The number of aromatic carboxylic acids is 1. The van der Waals surface area contributed by atoms with Gasteiger partial charge >= 0.3 is 5.97 Å². The van der Waals surface area contributed by atoms with Crippen molar-refractivity contribution in [2.24, 2.45) is 0 Å².